The summed E-state index contributed by atoms with van der Waals surface area (Å²) in [6.07, 6.45) is 3.69. The molecule has 2 aromatic carbocycles. The summed E-state index contributed by atoms with van der Waals surface area (Å²) in [5.41, 5.74) is 9.94. The van der Waals surface area contributed by atoms with Gasteiger partial charge in [0.15, 0.2) is 0 Å². The lowest BCUT2D eigenvalue weighted by Crippen LogP contribution is -1.97. The van der Waals surface area contributed by atoms with Crippen molar-refractivity contribution in [3.05, 3.63) is 71.5 Å². The highest BCUT2D eigenvalue weighted by Crippen LogP contribution is 2.30. The van der Waals surface area contributed by atoms with Crippen molar-refractivity contribution < 1.29 is 4.39 Å². The number of hydrogen-bond donors (Lipinski definition) is 2. The van der Waals surface area contributed by atoms with Gasteiger partial charge in [0.25, 0.3) is 0 Å². The molecule has 2 rings (SSSR count). The van der Waals surface area contributed by atoms with Crippen LogP contribution in [-0.2, 0) is 0 Å². The number of nitrogens with one attached hydrogen (secondary N) is 1. The second-order valence-electron chi connectivity index (χ2n) is 4.50. The van der Waals surface area contributed by atoms with Gasteiger partial charge >= 0.3 is 0 Å². The Hall–Kier alpha value is -2.26. The van der Waals surface area contributed by atoms with E-state index in [0.29, 0.717) is 16.4 Å². The predicted molar refractivity (Wildman–Crippen MR) is 89.4 cm³/mol. The van der Waals surface area contributed by atoms with E-state index in [4.69, 9.17) is 17.3 Å². The van der Waals surface area contributed by atoms with Gasteiger partial charge in [0, 0.05) is 16.9 Å². The van der Waals surface area contributed by atoms with E-state index >= 15 is 0 Å². The smallest absolute Gasteiger partial charge is 0.124 e. The highest BCUT2D eigenvalue weighted by atomic mass is 35.5. The third-order valence-electron chi connectivity index (χ3n) is 3.11. The van der Waals surface area contributed by atoms with Crippen LogP contribution >= 0.6 is 11.6 Å². The summed E-state index contributed by atoms with van der Waals surface area (Å²) in [6.45, 7) is 5.70. The van der Waals surface area contributed by atoms with Crippen molar-refractivity contribution in [2.75, 3.05) is 11.1 Å². The first-order valence-electron chi connectivity index (χ1n) is 6.46. The SMILES string of the molecule is C=C/C(=C\C)c1cc(Nc2ccc(F)cc2Cl)ccc1N. The first kappa shape index (κ1) is 15.1. The summed E-state index contributed by atoms with van der Waals surface area (Å²) in [5.74, 6) is -0.369. The highest BCUT2D eigenvalue weighted by molar-refractivity contribution is 6.33. The lowest BCUT2D eigenvalue weighted by Gasteiger charge is -2.12. The molecule has 0 atom stereocenters. The maximum Gasteiger partial charge on any atom is 0.124 e. The second-order valence-corrected chi connectivity index (χ2v) is 4.91. The first-order chi connectivity index (χ1) is 10.0. The van der Waals surface area contributed by atoms with Crippen LogP contribution in [0.5, 0.6) is 0 Å². The van der Waals surface area contributed by atoms with Gasteiger partial charge in [-0.25, -0.2) is 4.39 Å². The molecule has 0 unspecified atom stereocenters. The fourth-order valence-electron chi connectivity index (χ4n) is 2.01. The summed E-state index contributed by atoms with van der Waals surface area (Å²) >= 11 is 6.01. The highest BCUT2D eigenvalue weighted by Gasteiger charge is 2.06. The molecule has 0 aromatic heterocycles. The number of hydrogen-bond acceptors (Lipinski definition) is 2. The van der Waals surface area contributed by atoms with Crippen LogP contribution in [0.1, 0.15) is 12.5 Å². The quantitative estimate of drug-likeness (QED) is 0.586. The molecule has 2 aromatic rings. The van der Waals surface area contributed by atoms with E-state index in [2.05, 4.69) is 11.9 Å². The third kappa shape index (κ3) is 3.44. The van der Waals surface area contributed by atoms with Crippen LogP contribution in [0.4, 0.5) is 21.5 Å². The van der Waals surface area contributed by atoms with Crippen molar-refractivity contribution in [1.82, 2.24) is 0 Å². The molecular weight excluding hydrogens is 287 g/mol. The van der Waals surface area contributed by atoms with Crippen molar-refractivity contribution >= 4 is 34.2 Å². The van der Waals surface area contributed by atoms with Crippen LogP contribution in [-0.4, -0.2) is 0 Å². The minimum absolute atomic E-state index is 0.323. The molecule has 4 heteroatoms. The summed E-state index contributed by atoms with van der Waals surface area (Å²) in [6, 6.07) is 9.78. The van der Waals surface area contributed by atoms with Gasteiger partial charge in [-0.3, -0.25) is 0 Å². The minimum Gasteiger partial charge on any atom is -0.398 e. The molecular formula is C17H16ClFN2. The van der Waals surface area contributed by atoms with Crippen LogP contribution in [0.3, 0.4) is 0 Å². The van der Waals surface area contributed by atoms with Crippen molar-refractivity contribution in [3.63, 3.8) is 0 Å². The third-order valence-corrected chi connectivity index (χ3v) is 3.42. The van der Waals surface area contributed by atoms with E-state index in [-0.39, 0.29) is 5.82 Å². The molecule has 3 N–H and O–H groups in total. The van der Waals surface area contributed by atoms with Crippen LogP contribution in [0, 0.1) is 5.82 Å². The van der Waals surface area contributed by atoms with E-state index < -0.39 is 0 Å². The Balaban J connectivity index is 2.37. The number of rotatable bonds is 4. The average Bonchev–Trinajstić information content (AvgIpc) is 2.46. The molecule has 0 bridgehead atoms. The van der Waals surface area contributed by atoms with E-state index in [1.165, 1.54) is 12.1 Å². The topological polar surface area (TPSA) is 38.0 Å². The lowest BCUT2D eigenvalue weighted by molar-refractivity contribution is 0.628. The van der Waals surface area contributed by atoms with Crippen molar-refractivity contribution in [2.45, 2.75) is 6.92 Å². The molecule has 0 aliphatic carbocycles. The van der Waals surface area contributed by atoms with Crippen LogP contribution in [0.25, 0.3) is 5.57 Å². The van der Waals surface area contributed by atoms with Gasteiger partial charge in [-0.05, 0) is 48.9 Å². The predicted octanol–water partition coefficient (Wildman–Crippen LogP) is 5.39. The van der Waals surface area contributed by atoms with Gasteiger partial charge in [-0.15, -0.1) is 0 Å². The number of anilines is 3. The molecule has 0 saturated carbocycles. The van der Waals surface area contributed by atoms with Crippen LogP contribution < -0.4 is 11.1 Å². The normalized spacial score (nSPS) is 11.3. The summed E-state index contributed by atoms with van der Waals surface area (Å²) < 4.78 is 13.1. The maximum atomic E-state index is 13.1. The zero-order chi connectivity index (χ0) is 15.4. The van der Waals surface area contributed by atoms with Gasteiger partial charge in [0.05, 0.1) is 10.7 Å². The average molecular weight is 303 g/mol. The number of nitrogen functional groups attached to an aromatic ring is 1. The monoisotopic (exact) mass is 302 g/mol. The fraction of sp³-hybridized carbons (Fsp3) is 0.0588. The van der Waals surface area contributed by atoms with Crippen molar-refractivity contribution in [2.24, 2.45) is 0 Å². The van der Waals surface area contributed by atoms with Gasteiger partial charge in [0.1, 0.15) is 5.82 Å². The Morgan fingerprint density at radius 2 is 2.05 bits per heavy atom. The Morgan fingerprint density at radius 3 is 2.67 bits per heavy atom. The van der Waals surface area contributed by atoms with Gasteiger partial charge in [-0.2, -0.15) is 0 Å². The molecule has 0 fully saturated rings. The van der Waals surface area contributed by atoms with E-state index in [1.54, 1.807) is 12.1 Å². The molecule has 0 spiro atoms. The second kappa shape index (κ2) is 6.46. The maximum absolute atomic E-state index is 13.1. The number of benzene rings is 2. The van der Waals surface area contributed by atoms with Crippen LogP contribution in [0.2, 0.25) is 5.02 Å². The molecule has 2 nitrogen and oxygen atoms in total. The first-order valence-corrected chi connectivity index (χ1v) is 6.83. The fourth-order valence-corrected chi connectivity index (χ4v) is 2.23. The number of nitrogens with two attached hydrogens (primary N) is 1. The molecule has 0 amide bonds. The minimum atomic E-state index is -0.369. The molecule has 0 heterocycles. The van der Waals surface area contributed by atoms with Gasteiger partial charge < -0.3 is 11.1 Å². The summed E-state index contributed by atoms with van der Waals surface area (Å²) in [4.78, 5) is 0. The van der Waals surface area contributed by atoms with Gasteiger partial charge in [-0.1, -0.05) is 30.3 Å². The molecule has 0 saturated heterocycles. The van der Waals surface area contributed by atoms with Crippen molar-refractivity contribution in [3.8, 4) is 0 Å². The van der Waals surface area contributed by atoms with Gasteiger partial charge in [0.2, 0.25) is 0 Å². The molecule has 0 radical (unpaired) electrons. The zero-order valence-electron chi connectivity index (χ0n) is 11.7. The van der Waals surface area contributed by atoms with E-state index in [9.17, 15) is 4.39 Å². The largest absolute Gasteiger partial charge is 0.398 e. The number of allylic oxidation sites excluding steroid dienone is 3. The Labute approximate surface area is 128 Å². The molecule has 0 aliphatic heterocycles. The zero-order valence-corrected chi connectivity index (χ0v) is 12.4. The van der Waals surface area contributed by atoms with Crippen molar-refractivity contribution in [1.29, 1.82) is 0 Å². The lowest BCUT2D eigenvalue weighted by atomic mass is 10.0. The summed E-state index contributed by atoms with van der Waals surface area (Å²) in [7, 11) is 0. The Kier molecular flexibility index (Phi) is 4.66. The molecule has 108 valence electrons. The Morgan fingerprint density at radius 1 is 1.29 bits per heavy atom. The van der Waals surface area contributed by atoms with Crippen LogP contribution in [0.15, 0.2) is 55.1 Å². The van der Waals surface area contributed by atoms with E-state index in [0.717, 1.165) is 16.8 Å². The molecule has 0 aliphatic rings. The molecule has 21 heavy (non-hydrogen) atoms. The number of halogens is 2. The summed E-state index contributed by atoms with van der Waals surface area (Å²) in [5, 5.41) is 3.48. The Bertz CT molecular complexity index is 708. The van der Waals surface area contributed by atoms with E-state index in [1.807, 2.05) is 31.2 Å². The standard InChI is InChI=1S/C17H16ClFN2/c1-3-11(4-2)14-10-13(6-7-16(14)20)21-17-8-5-12(19)9-15(17)18/h3-10,21H,1,20H2,2H3/b11-4+.